The van der Waals surface area contributed by atoms with Gasteiger partial charge in [0.2, 0.25) is 5.91 Å². The zero-order valence-electron chi connectivity index (χ0n) is 10.3. The van der Waals surface area contributed by atoms with E-state index in [1.54, 1.807) is 0 Å². The van der Waals surface area contributed by atoms with Crippen molar-refractivity contribution in [2.24, 2.45) is 11.8 Å². The number of amides is 1. The molecule has 1 aliphatic rings. The van der Waals surface area contributed by atoms with Gasteiger partial charge in [-0.05, 0) is 37.6 Å². The van der Waals surface area contributed by atoms with Crippen LogP contribution < -0.4 is 10.6 Å². The summed E-state index contributed by atoms with van der Waals surface area (Å²) in [6.07, 6.45) is 2.89. The Morgan fingerprint density at radius 1 is 1.44 bits per heavy atom. The van der Waals surface area contributed by atoms with Gasteiger partial charge in [-0.1, -0.05) is 13.8 Å². The summed E-state index contributed by atoms with van der Waals surface area (Å²) in [5, 5.41) is 15.4. The van der Waals surface area contributed by atoms with Crippen molar-refractivity contribution in [3.8, 4) is 0 Å². The smallest absolute Gasteiger partial charge is 0.234 e. The molecule has 16 heavy (non-hydrogen) atoms. The molecule has 0 aromatic rings. The van der Waals surface area contributed by atoms with E-state index in [0.717, 1.165) is 18.9 Å². The Labute approximate surface area is 97.8 Å². The predicted octanol–water partition coefficient (Wildman–Crippen LogP) is 0.509. The number of nitrogens with one attached hydrogen (secondary N) is 2. The maximum atomic E-state index is 11.4. The molecule has 1 unspecified atom stereocenters. The van der Waals surface area contributed by atoms with Crippen LogP contribution in [0.3, 0.4) is 0 Å². The largest absolute Gasteiger partial charge is 0.391 e. The lowest BCUT2D eigenvalue weighted by Gasteiger charge is -2.13. The summed E-state index contributed by atoms with van der Waals surface area (Å²) in [6.45, 7) is 5.79. The number of aliphatic hydroxyl groups excluding tert-OH is 1. The van der Waals surface area contributed by atoms with Crippen molar-refractivity contribution in [3.05, 3.63) is 0 Å². The van der Waals surface area contributed by atoms with E-state index < -0.39 is 6.10 Å². The van der Waals surface area contributed by atoms with E-state index in [4.69, 9.17) is 0 Å². The molecular formula is C12H24N2O2. The van der Waals surface area contributed by atoms with Gasteiger partial charge in [0.05, 0.1) is 12.6 Å². The number of carbonyl (C=O) groups excluding carboxylic acids is 1. The van der Waals surface area contributed by atoms with Crippen LogP contribution in [-0.2, 0) is 4.79 Å². The van der Waals surface area contributed by atoms with Crippen molar-refractivity contribution in [1.29, 1.82) is 0 Å². The normalized spacial score (nSPS) is 17.5. The molecule has 94 valence electrons. The van der Waals surface area contributed by atoms with Gasteiger partial charge in [-0.25, -0.2) is 0 Å². The number of hydrogen-bond donors (Lipinski definition) is 3. The molecule has 0 aromatic carbocycles. The lowest BCUT2D eigenvalue weighted by atomic mass is 10.1. The molecule has 1 amide bonds. The fraction of sp³-hybridized carbons (Fsp3) is 0.917. The molecule has 0 radical (unpaired) electrons. The first-order valence-electron chi connectivity index (χ1n) is 6.23. The minimum atomic E-state index is -0.424. The maximum Gasteiger partial charge on any atom is 0.234 e. The van der Waals surface area contributed by atoms with Crippen LogP contribution in [0.1, 0.15) is 33.1 Å². The SMILES string of the molecule is CC(C)CC(O)CNC(=O)CNCC1CC1. The Morgan fingerprint density at radius 2 is 2.12 bits per heavy atom. The average Bonchev–Trinajstić information content (AvgIpc) is 2.97. The number of rotatable bonds is 8. The highest BCUT2D eigenvalue weighted by molar-refractivity contribution is 5.77. The van der Waals surface area contributed by atoms with Crippen molar-refractivity contribution < 1.29 is 9.90 Å². The van der Waals surface area contributed by atoms with Gasteiger partial charge in [-0.3, -0.25) is 4.79 Å². The van der Waals surface area contributed by atoms with Crippen LogP contribution in [0.2, 0.25) is 0 Å². The van der Waals surface area contributed by atoms with Crippen LogP contribution in [0.5, 0.6) is 0 Å². The second kappa shape index (κ2) is 6.86. The van der Waals surface area contributed by atoms with Crippen LogP contribution >= 0.6 is 0 Å². The molecule has 3 N–H and O–H groups in total. The summed E-state index contributed by atoms with van der Waals surface area (Å²) in [6, 6.07) is 0. The van der Waals surface area contributed by atoms with E-state index in [1.165, 1.54) is 12.8 Å². The quantitative estimate of drug-likeness (QED) is 0.567. The van der Waals surface area contributed by atoms with Crippen LogP contribution in [0.4, 0.5) is 0 Å². The molecule has 0 saturated heterocycles. The third-order valence-corrected chi connectivity index (χ3v) is 2.69. The summed E-state index contributed by atoms with van der Waals surface area (Å²) in [5.74, 6) is 1.22. The van der Waals surface area contributed by atoms with Gasteiger partial charge in [0.1, 0.15) is 0 Å². The monoisotopic (exact) mass is 228 g/mol. The average molecular weight is 228 g/mol. The lowest BCUT2D eigenvalue weighted by molar-refractivity contribution is -0.120. The molecule has 1 fully saturated rings. The maximum absolute atomic E-state index is 11.4. The Balaban J connectivity index is 1.95. The van der Waals surface area contributed by atoms with Crippen molar-refractivity contribution >= 4 is 5.91 Å². The van der Waals surface area contributed by atoms with Crippen LogP contribution in [0.25, 0.3) is 0 Å². The Kier molecular flexibility index (Phi) is 5.77. The topological polar surface area (TPSA) is 61.4 Å². The highest BCUT2D eigenvalue weighted by atomic mass is 16.3. The fourth-order valence-corrected chi connectivity index (χ4v) is 1.63. The van der Waals surface area contributed by atoms with Crippen molar-refractivity contribution in [1.82, 2.24) is 10.6 Å². The van der Waals surface area contributed by atoms with Crippen molar-refractivity contribution in [2.75, 3.05) is 19.6 Å². The first-order valence-corrected chi connectivity index (χ1v) is 6.23. The van der Waals surface area contributed by atoms with Gasteiger partial charge in [0.15, 0.2) is 0 Å². The summed E-state index contributed by atoms with van der Waals surface area (Å²) in [4.78, 5) is 11.4. The van der Waals surface area contributed by atoms with Crippen LogP contribution in [-0.4, -0.2) is 36.8 Å². The molecule has 1 saturated carbocycles. The third-order valence-electron chi connectivity index (χ3n) is 2.69. The molecule has 0 heterocycles. The first kappa shape index (κ1) is 13.5. The van der Waals surface area contributed by atoms with E-state index in [-0.39, 0.29) is 5.91 Å². The molecule has 1 atom stereocenters. The third kappa shape index (κ3) is 6.80. The Hall–Kier alpha value is -0.610. The molecule has 0 aliphatic heterocycles. The van der Waals surface area contributed by atoms with E-state index in [0.29, 0.717) is 19.0 Å². The van der Waals surface area contributed by atoms with Gasteiger partial charge < -0.3 is 15.7 Å². The first-order chi connectivity index (χ1) is 7.58. The van der Waals surface area contributed by atoms with Gasteiger partial charge in [0, 0.05) is 6.54 Å². The van der Waals surface area contributed by atoms with E-state index in [1.807, 2.05) is 0 Å². The molecule has 1 aliphatic carbocycles. The zero-order chi connectivity index (χ0) is 12.0. The minimum absolute atomic E-state index is 0.0246. The molecule has 4 heteroatoms. The standard InChI is InChI=1S/C12H24N2O2/c1-9(2)5-11(15)7-14-12(16)8-13-6-10-3-4-10/h9-11,13,15H,3-8H2,1-2H3,(H,14,16). The van der Waals surface area contributed by atoms with Crippen LogP contribution in [0, 0.1) is 11.8 Å². The van der Waals surface area contributed by atoms with Crippen molar-refractivity contribution in [3.63, 3.8) is 0 Å². The van der Waals surface area contributed by atoms with Gasteiger partial charge in [-0.2, -0.15) is 0 Å². The van der Waals surface area contributed by atoms with Gasteiger partial charge >= 0.3 is 0 Å². The second-order valence-corrected chi connectivity index (χ2v) is 5.16. The highest BCUT2D eigenvalue weighted by Crippen LogP contribution is 2.27. The summed E-state index contributed by atoms with van der Waals surface area (Å²) in [5.41, 5.74) is 0. The Morgan fingerprint density at radius 3 is 2.69 bits per heavy atom. The van der Waals surface area contributed by atoms with Gasteiger partial charge in [0.25, 0.3) is 0 Å². The predicted molar refractivity (Wildman–Crippen MR) is 64.1 cm³/mol. The number of carbonyl (C=O) groups is 1. The highest BCUT2D eigenvalue weighted by Gasteiger charge is 2.20. The summed E-state index contributed by atoms with van der Waals surface area (Å²) >= 11 is 0. The lowest BCUT2D eigenvalue weighted by Crippen LogP contribution is -2.38. The second-order valence-electron chi connectivity index (χ2n) is 5.16. The van der Waals surface area contributed by atoms with E-state index >= 15 is 0 Å². The van der Waals surface area contributed by atoms with E-state index in [2.05, 4.69) is 24.5 Å². The number of hydrogen-bond acceptors (Lipinski definition) is 3. The van der Waals surface area contributed by atoms with Gasteiger partial charge in [-0.15, -0.1) is 0 Å². The van der Waals surface area contributed by atoms with Crippen molar-refractivity contribution in [2.45, 2.75) is 39.2 Å². The van der Waals surface area contributed by atoms with Crippen LogP contribution in [0.15, 0.2) is 0 Å². The molecule has 0 spiro atoms. The van der Waals surface area contributed by atoms with E-state index in [9.17, 15) is 9.90 Å². The molecule has 1 rings (SSSR count). The molecule has 4 nitrogen and oxygen atoms in total. The summed E-state index contributed by atoms with van der Waals surface area (Å²) in [7, 11) is 0. The Bertz CT molecular complexity index is 215. The summed E-state index contributed by atoms with van der Waals surface area (Å²) < 4.78 is 0. The fourth-order valence-electron chi connectivity index (χ4n) is 1.63. The zero-order valence-corrected chi connectivity index (χ0v) is 10.3. The molecule has 0 bridgehead atoms. The molecule has 0 aromatic heterocycles. The minimum Gasteiger partial charge on any atom is -0.391 e. The molecular weight excluding hydrogens is 204 g/mol. The number of aliphatic hydroxyl groups is 1.